The van der Waals surface area contributed by atoms with Gasteiger partial charge >= 0.3 is 5.97 Å². The van der Waals surface area contributed by atoms with Crippen molar-refractivity contribution >= 4 is 17.8 Å². The number of aromatic nitrogens is 1. The van der Waals surface area contributed by atoms with Crippen LogP contribution in [0.25, 0.3) is 0 Å². The molecule has 2 aliphatic heterocycles. The minimum Gasteiger partial charge on any atom is -0.460 e. The summed E-state index contributed by atoms with van der Waals surface area (Å²) in [5.41, 5.74) is 0.821. The molecule has 1 aromatic rings. The van der Waals surface area contributed by atoms with Gasteiger partial charge in [0.05, 0.1) is 18.6 Å². The van der Waals surface area contributed by atoms with E-state index >= 15 is 0 Å². The van der Waals surface area contributed by atoms with E-state index in [2.05, 4.69) is 10.3 Å². The van der Waals surface area contributed by atoms with Crippen molar-refractivity contribution < 1.29 is 33.8 Å². The maximum Gasteiger partial charge on any atom is 0.329 e. The van der Waals surface area contributed by atoms with Crippen LogP contribution >= 0.6 is 0 Å². The Labute approximate surface area is 223 Å². The van der Waals surface area contributed by atoms with E-state index in [9.17, 15) is 24.6 Å². The summed E-state index contributed by atoms with van der Waals surface area (Å²) in [7, 11) is 0. The van der Waals surface area contributed by atoms with Crippen LogP contribution in [0.5, 0.6) is 0 Å². The molecule has 3 N–H and O–H groups in total. The monoisotopic (exact) mass is 529 g/mol. The second kappa shape index (κ2) is 13.5. The fourth-order valence-electron chi connectivity index (χ4n) is 4.77. The number of fused-ring (bicyclic) bond motifs is 3. The Balaban J connectivity index is 1.85. The lowest BCUT2D eigenvalue weighted by molar-refractivity contribution is -0.158. The lowest BCUT2D eigenvalue weighted by atomic mass is 9.94. The number of ether oxygens (including phenoxy) is 1. The van der Waals surface area contributed by atoms with Crippen LogP contribution in [0.15, 0.2) is 46.6 Å². The summed E-state index contributed by atoms with van der Waals surface area (Å²) >= 11 is 0. The van der Waals surface area contributed by atoms with Crippen LogP contribution in [0.3, 0.4) is 0 Å². The highest BCUT2D eigenvalue weighted by Crippen LogP contribution is 2.25. The molecule has 10 nitrogen and oxygen atoms in total. The number of carbonyl (C=O) groups is 3. The zero-order valence-electron chi connectivity index (χ0n) is 22.5. The Hall–Kier alpha value is -3.24. The third-order valence-corrected chi connectivity index (χ3v) is 6.69. The van der Waals surface area contributed by atoms with Crippen LogP contribution in [-0.4, -0.2) is 75.3 Å². The molecule has 208 valence electrons. The Bertz CT molecular complexity index is 1070. The molecule has 0 aliphatic carbocycles. The molecule has 5 atom stereocenters. The molecule has 2 bridgehead atoms. The molecule has 1 fully saturated rings. The molecule has 10 heteroatoms. The number of esters is 1. The SMILES string of the molecule is CC1=C\[C@H](O)CC(O)Cc2nc(co2)C(=O)N2CCCC2C(=O)O[C@H](C(C)C)[C@H](C)/C=C/C(=O)NC\C=C\1. The van der Waals surface area contributed by atoms with Gasteiger partial charge in [-0.05, 0) is 31.8 Å². The lowest BCUT2D eigenvalue weighted by Crippen LogP contribution is -2.44. The second-order valence-electron chi connectivity index (χ2n) is 10.4. The topological polar surface area (TPSA) is 142 Å². The lowest BCUT2D eigenvalue weighted by Gasteiger charge is -2.29. The maximum absolute atomic E-state index is 13.2. The zero-order chi connectivity index (χ0) is 27.8. The van der Waals surface area contributed by atoms with E-state index in [1.54, 1.807) is 24.3 Å². The summed E-state index contributed by atoms with van der Waals surface area (Å²) in [5.74, 6) is -1.29. The average Bonchev–Trinajstić information content (AvgIpc) is 3.52. The first-order chi connectivity index (χ1) is 18.0. The smallest absolute Gasteiger partial charge is 0.329 e. The molecular weight excluding hydrogens is 490 g/mol. The maximum atomic E-state index is 13.2. The van der Waals surface area contributed by atoms with Gasteiger partial charge in [-0.1, -0.05) is 50.6 Å². The number of nitrogens with zero attached hydrogens (tertiary/aromatic N) is 2. The van der Waals surface area contributed by atoms with E-state index in [1.807, 2.05) is 27.7 Å². The molecule has 2 aliphatic rings. The quantitative estimate of drug-likeness (QED) is 0.471. The summed E-state index contributed by atoms with van der Waals surface area (Å²) < 4.78 is 11.3. The highest BCUT2D eigenvalue weighted by atomic mass is 16.5. The van der Waals surface area contributed by atoms with E-state index in [0.29, 0.717) is 25.9 Å². The number of nitrogens with one attached hydrogen (secondary N) is 1. The predicted molar refractivity (Wildman–Crippen MR) is 140 cm³/mol. The summed E-state index contributed by atoms with van der Waals surface area (Å²) in [6, 6.07) is -0.743. The van der Waals surface area contributed by atoms with E-state index in [0.717, 1.165) is 5.57 Å². The van der Waals surface area contributed by atoms with Crippen molar-refractivity contribution in [2.24, 2.45) is 11.8 Å². The van der Waals surface area contributed by atoms with Gasteiger partial charge < -0.3 is 29.6 Å². The van der Waals surface area contributed by atoms with Gasteiger partial charge in [0.2, 0.25) is 5.91 Å². The molecule has 1 aromatic heterocycles. The molecule has 2 amide bonds. The van der Waals surface area contributed by atoms with Crippen molar-refractivity contribution in [1.82, 2.24) is 15.2 Å². The summed E-state index contributed by atoms with van der Waals surface area (Å²) in [6.45, 7) is 8.25. The van der Waals surface area contributed by atoms with Gasteiger partial charge in [0.25, 0.3) is 5.91 Å². The van der Waals surface area contributed by atoms with Crippen LogP contribution in [0.1, 0.15) is 63.3 Å². The van der Waals surface area contributed by atoms with Gasteiger partial charge in [-0.3, -0.25) is 9.59 Å². The molecule has 0 radical (unpaired) electrons. The largest absolute Gasteiger partial charge is 0.460 e. The van der Waals surface area contributed by atoms with Crippen molar-refractivity contribution in [3.8, 4) is 0 Å². The normalized spacial score (nSPS) is 31.7. The van der Waals surface area contributed by atoms with Gasteiger partial charge in [-0.25, -0.2) is 9.78 Å². The highest BCUT2D eigenvalue weighted by Gasteiger charge is 2.38. The second-order valence-corrected chi connectivity index (χ2v) is 10.4. The predicted octanol–water partition coefficient (Wildman–Crippen LogP) is 2.33. The molecule has 0 saturated carbocycles. The molecular formula is C28H39N3O7. The summed E-state index contributed by atoms with van der Waals surface area (Å²) in [4.78, 5) is 44.3. The fraction of sp³-hybridized carbons (Fsp3) is 0.571. The first-order valence-electron chi connectivity index (χ1n) is 13.2. The fourth-order valence-corrected chi connectivity index (χ4v) is 4.77. The average molecular weight is 530 g/mol. The Morgan fingerprint density at radius 2 is 1.95 bits per heavy atom. The van der Waals surface area contributed by atoms with Crippen LogP contribution in [-0.2, 0) is 20.7 Å². The minimum absolute atomic E-state index is 0.0146. The van der Waals surface area contributed by atoms with Crippen LogP contribution in [0, 0.1) is 11.8 Å². The van der Waals surface area contributed by atoms with Gasteiger partial charge in [0, 0.05) is 25.4 Å². The molecule has 1 saturated heterocycles. The molecule has 3 rings (SSSR count). The van der Waals surface area contributed by atoms with E-state index in [-0.39, 0.29) is 42.2 Å². The number of amides is 2. The molecule has 3 heterocycles. The van der Waals surface area contributed by atoms with Crippen molar-refractivity contribution in [3.63, 3.8) is 0 Å². The molecule has 0 spiro atoms. The van der Waals surface area contributed by atoms with Crippen LogP contribution < -0.4 is 5.32 Å². The van der Waals surface area contributed by atoms with Gasteiger partial charge in [-0.2, -0.15) is 0 Å². The Morgan fingerprint density at radius 1 is 1.18 bits per heavy atom. The number of aliphatic hydroxyl groups is 2. The van der Waals surface area contributed by atoms with Crippen LogP contribution in [0.4, 0.5) is 0 Å². The van der Waals surface area contributed by atoms with Gasteiger partial charge in [0.15, 0.2) is 11.6 Å². The third-order valence-electron chi connectivity index (χ3n) is 6.69. The number of cyclic esters (lactones) is 1. The number of allylic oxidation sites excluding steroid dienone is 2. The zero-order valence-corrected chi connectivity index (χ0v) is 22.5. The standard InChI is InChI=1S/C28H39N3O7/c1-17(2)26-19(4)9-10-24(34)29-11-5-7-18(3)13-20(32)14-21(33)15-25-30-22(16-37-25)27(35)31-12-6-8-23(31)28(36)38-26/h5,7,9-10,13,16-17,19-21,23,26,32-33H,6,8,11-12,14-15H2,1-4H3,(H,29,34)/b7-5+,10-9+,18-13+/t19-,20+,21?,23?,26-/m1/s1. The Kier molecular flexibility index (Phi) is 10.4. The van der Waals surface area contributed by atoms with Crippen molar-refractivity contribution in [1.29, 1.82) is 0 Å². The minimum atomic E-state index is -0.947. The highest BCUT2D eigenvalue weighted by molar-refractivity contribution is 5.95. The number of hydrogen-bond acceptors (Lipinski definition) is 8. The first kappa shape index (κ1) is 29.3. The first-order valence-corrected chi connectivity index (χ1v) is 13.2. The molecule has 2 unspecified atom stereocenters. The van der Waals surface area contributed by atoms with Gasteiger partial charge in [0.1, 0.15) is 18.4 Å². The Morgan fingerprint density at radius 3 is 2.68 bits per heavy atom. The number of oxazole rings is 1. The number of carbonyl (C=O) groups excluding carboxylic acids is 3. The molecule has 0 aromatic carbocycles. The third kappa shape index (κ3) is 8.13. The number of hydrogen-bond donors (Lipinski definition) is 3. The van der Waals surface area contributed by atoms with E-state index < -0.39 is 36.2 Å². The van der Waals surface area contributed by atoms with Gasteiger partial charge in [-0.15, -0.1) is 0 Å². The summed E-state index contributed by atoms with van der Waals surface area (Å²) in [6.07, 6.45) is 8.37. The number of aliphatic hydroxyl groups excluding tert-OH is 2. The molecule has 38 heavy (non-hydrogen) atoms. The number of rotatable bonds is 1. The van der Waals surface area contributed by atoms with E-state index in [4.69, 9.17) is 9.15 Å². The summed E-state index contributed by atoms with van der Waals surface area (Å²) in [5, 5.41) is 23.5. The van der Waals surface area contributed by atoms with Crippen molar-refractivity contribution in [3.05, 3.63) is 53.8 Å². The van der Waals surface area contributed by atoms with Crippen molar-refractivity contribution in [2.45, 2.75) is 77.7 Å². The van der Waals surface area contributed by atoms with Crippen LogP contribution in [0.2, 0.25) is 0 Å². The van der Waals surface area contributed by atoms with E-state index in [1.165, 1.54) is 17.2 Å². The van der Waals surface area contributed by atoms with Crippen molar-refractivity contribution in [2.75, 3.05) is 13.1 Å².